The van der Waals surface area contributed by atoms with E-state index in [-0.39, 0.29) is 11.9 Å². The minimum absolute atomic E-state index is 0.132. The van der Waals surface area contributed by atoms with Crippen molar-refractivity contribution in [3.05, 3.63) is 22.4 Å². The first-order chi connectivity index (χ1) is 7.72. The van der Waals surface area contributed by atoms with Gasteiger partial charge in [-0.1, -0.05) is 0 Å². The lowest BCUT2D eigenvalue weighted by molar-refractivity contribution is -0.121. The Hall–Kier alpha value is -0.540. The molecule has 1 N–H and O–H groups in total. The van der Waals surface area contributed by atoms with Crippen LogP contribution >= 0.6 is 22.9 Å². The summed E-state index contributed by atoms with van der Waals surface area (Å²) in [5, 5.41) is 7.18. The summed E-state index contributed by atoms with van der Waals surface area (Å²) in [5.41, 5.74) is 1.29. The van der Waals surface area contributed by atoms with Gasteiger partial charge < -0.3 is 5.32 Å². The van der Waals surface area contributed by atoms with Crippen LogP contribution in [0.2, 0.25) is 0 Å². The number of hydrogen-bond acceptors (Lipinski definition) is 2. The maximum atomic E-state index is 11.5. The number of carbonyl (C=O) groups excluding carboxylic acids is 1. The maximum Gasteiger partial charge on any atom is 0.220 e. The summed E-state index contributed by atoms with van der Waals surface area (Å²) in [6.45, 7) is 2.04. The highest BCUT2D eigenvalue weighted by Crippen LogP contribution is 2.08. The second kappa shape index (κ2) is 7.69. The summed E-state index contributed by atoms with van der Waals surface area (Å²) in [6.07, 6.45) is 3.28. The molecule has 1 amide bonds. The Kier molecular flexibility index (Phi) is 6.50. The number of carbonyl (C=O) groups is 1. The molecule has 90 valence electrons. The molecule has 1 atom stereocenters. The maximum absolute atomic E-state index is 11.5. The third kappa shape index (κ3) is 5.52. The third-order valence-corrected chi connectivity index (χ3v) is 3.32. The lowest BCUT2D eigenvalue weighted by Crippen LogP contribution is -2.33. The zero-order valence-corrected chi connectivity index (χ0v) is 11.1. The predicted molar refractivity (Wildman–Crippen MR) is 70.2 cm³/mol. The van der Waals surface area contributed by atoms with Gasteiger partial charge in [0.25, 0.3) is 0 Å². The number of hydrogen-bond donors (Lipinski definition) is 1. The molecule has 4 heteroatoms. The van der Waals surface area contributed by atoms with E-state index in [9.17, 15) is 4.79 Å². The molecule has 0 fully saturated rings. The van der Waals surface area contributed by atoms with Gasteiger partial charge in [-0.3, -0.25) is 4.79 Å². The van der Waals surface area contributed by atoms with Crippen LogP contribution < -0.4 is 5.32 Å². The van der Waals surface area contributed by atoms with Crippen molar-refractivity contribution >= 4 is 28.8 Å². The highest BCUT2D eigenvalue weighted by Gasteiger charge is 2.07. The standard InChI is InChI=1S/C12H18ClNOS/c1-10(8-11-5-7-16-9-11)14-12(15)4-2-3-6-13/h5,7,9-10H,2-4,6,8H2,1H3,(H,14,15). The number of unbranched alkanes of at least 4 members (excludes halogenated alkanes) is 1. The second-order valence-corrected chi connectivity index (χ2v) is 5.11. The van der Waals surface area contributed by atoms with Gasteiger partial charge in [-0.05, 0) is 48.6 Å². The van der Waals surface area contributed by atoms with E-state index in [1.54, 1.807) is 11.3 Å². The number of amides is 1. The van der Waals surface area contributed by atoms with E-state index in [4.69, 9.17) is 11.6 Å². The lowest BCUT2D eigenvalue weighted by atomic mass is 10.1. The van der Waals surface area contributed by atoms with Gasteiger partial charge in [0, 0.05) is 18.3 Å². The minimum Gasteiger partial charge on any atom is -0.353 e. The Morgan fingerprint density at radius 3 is 3.00 bits per heavy atom. The van der Waals surface area contributed by atoms with Crippen LogP contribution in [0, 0.1) is 0 Å². The van der Waals surface area contributed by atoms with Crippen LogP contribution in [0.15, 0.2) is 16.8 Å². The molecular weight excluding hydrogens is 242 g/mol. The van der Waals surface area contributed by atoms with Gasteiger partial charge in [0.15, 0.2) is 0 Å². The van der Waals surface area contributed by atoms with E-state index in [2.05, 4.69) is 22.1 Å². The van der Waals surface area contributed by atoms with Crippen molar-refractivity contribution in [2.24, 2.45) is 0 Å². The zero-order valence-electron chi connectivity index (χ0n) is 9.54. The van der Waals surface area contributed by atoms with Crippen LogP contribution in [0.25, 0.3) is 0 Å². The fourth-order valence-electron chi connectivity index (χ4n) is 1.54. The Labute approximate surface area is 106 Å². The van der Waals surface area contributed by atoms with Crippen LogP contribution in [0.1, 0.15) is 31.7 Å². The number of thiophene rings is 1. The van der Waals surface area contributed by atoms with Crippen molar-refractivity contribution in [3.63, 3.8) is 0 Å². The van der Waals surface area contributed by atoms with Crippen molar-refractivity contribution in [1.82, 2.24) is 5.32 Å². The molecule has 0 aliphatic carbocycles. The molecule has 1 aromatic rings. The SMILES string of the molecule is CC(Cc1ccsc1)NC(=O)CCCCCl. The number of alkyl halides is 1. The summed E-state index contributed by atoms with van der Waals surface area (Å²) in [5.74, 6) is 0.769. The van der Waals surface area contributed by atoms with E-state index in [0.29, 0.717) is 12.3 Å². The highest BCUT2D eigenvalue weighted by atomic mass is 35.5. The van der Waals surface area contributed by atoms with E-state index in [0.717, 1.165) is 19.3 Å². The average molecular weight is 260 g/mol. The van der Waals surface area contributed by atoms with E-state index in [1.165, 1.54) is 5.56 Å². The summed E-state index contributed by atoms with van der Waals surface area (Å²) < 4.78 is 0. The Morgan fingerprint density at radius 1 is 1.56 bits per heavy atom. The first-order valence-electron chi connectivity index (χ1n) is 5.58. The molecule has 0 bridgehead atoms. The Bertz CT molecular complexity index is 300. The van der Waals surface area contributed by atoms with Gasteiger partial charge >= 0.3 is 0 Å². The van der Waals surface area contributed by atoms with Crippen LogP contribution in [0.5, 0.6) is 0 Å². The Balaban J connectivity index is 2.18. The molecular formula is C12H18ClNOS. The molecule has 0 saturated heterocycles. The number of rotatable bonds is 7. The van der Waals surface area contributed by atoms with Crippen molar-refractivity contribution < 1.29 is 4.79 Å². The molecule has 16 heavy (non-hydrogen) atoms. The van der Waals surface area contributed by atoms with E-state index >= 15 is 0 Å². The molecule has 1 rings (SSSR count). The van der Waals surface area contributed by atoms with Gasteiger partial charge in [-0.15, -0.1) is 11.6 Å². The fourth-order valence-corrected chi connectivity index (χ4v) is 2.41. The highest BCUT2D eigenvalue weighted by molar-refractivity contribution is 7.07. The van der Waals surface area contributed by atoms with Crippen LogP contribution in [0.4, 0.5) is 0 Å². The van der Waals surface area contributed by atoms with Crippen LogP contribution in [-0.4, -0.2) is 17.8 Å². The van der Waals surface area contributed by atoms with E-state index < -0.39 is 0 Å². The molecule has 0 aliphatic rings. The van der Waals surface area contributed by atoms with Crippen LogP contribution in [-0.2, 0) is 11.2 Å². The largest absolute Gasteiger partial charge is 0.353 e. The van der Waals surface area contributed by atoms with Gasteiger partial charge in [0.1, 0.15) is 0 Å². The molecule has 0 spiro atoms. The fraction of sp³-hybridized carbons (Fsp3) is 0.583. The molecule has 1 aromatic heterocycles. The molecule has 1 unspecified atom stereocenters. The second-order valence-electron chi connectivity index (χ2n) is 3.95. The number of halogens is 1. The topological polar surface area (TPSA) is 29.1 Å². The average Bonchev–Trinajstić information content (AvgIpc) is 2.70. The molecule has 0 aromatic carbocycles. The molecule has 0 saturated carbocycles. The van der Waals surface area contributed by atoms with Gasteiger partial charge in [0.2, 0.25) is 5.91 Å². The third-order valence-electron chi connectivity index (χ3n) is 2.32. The normalized spacial score (nSPS) is 12.4. The molecule has 0 radical (unpaired) electrons. The lowest BCUT2D eigenvalue weighted by Gasteiger charge is -2.12. The van der Waals surface area contributed by atoms with Crippen LogP contribution in [0.3, 0.4) is 0 Å². The number of nitrogens with one attached hydrogen (secondary N) is 1. The van der Waals surface area contributed by atoms with E-state index in [1.807, 2.05) is 6.92 Å². The van der Waals surface area contributed by atoms with Gasteiger partial charge in [-0.2, -0.15) is 11.3 Å². The van der Waals surface area contributed by atoms with Crippen molar-refractivity contribution in [3.8, 4) is 0 Å². The molecule has 0 aliphatic heterocycles. The molecule has 1 heterocycles. The van der Waals surface area contributed by atoms with Gasteiger partial charge in [-0.25, -0.2) is 0 Å². The predicted octanol–water partition coefficient (Wildman–Crippen LogP) is 3.20. The quantitative estimate of drug-likeness (QED) is 0.591. The first-order valence-corrected chi connectivity index (χ1v) is 7.06. The smallest absolute Gasteiger partial charge is 0.220 e. The molecule has 2 nitrogen and oxygen atoms in total. The zero-order chi connectivity index (χ0) is 11.8. The minimum atomic E-state index is 0.132. The van der Waals surface area contributed by atoms with Crippen molar-refractivity contribution in [1.29, 1.82) is 0 Å². The Morgan fingerprint density at radius 2 is 2.38 bits per heavy atom. The summed E-state index contributed by atoms with van der Waals surface area (Å²) in [4.78, 5) is 11.5. The van der Waals surface area contributed by atoms with Gasteiger partial charge in [0.05, 0.1) is 0 Å². The van der Waals surface area contributed by atoms with Crippen molar-refractivity contribution in [2.45, 2.75) is 38.6 Å². The summed E-state index contributed by atoms with van der Waals surface area (Å²) in [7, 11) is 0. The first kappa shape index (κ1) is 13.5. The summed E-state index contributed by atoms with van der Waals surface area (Å²) >= 11 is 7.24. The monoisotopic (exact) mass is 259 g/mol. The summed E-state index contributed by atoms with van der Waals surface area (Å²) in [6, 6.07) is 2.30. The van der Waals surface area contributed by atoms with Crippen molar-refractivity contribution in [2.75, 3.05) is 5.88 Å².